The summed E-state index contributed by atoms with van der Waals surface area (Å²) in [5.41, 5.74) is 0.0978. The van der Waals surface area contributed by atoms with Crippen molar-refractivity contribution in [1.29, 1.82) is 0 Å². The van der Waals surface area contributed by atoms with Gasteiger partial charge in [-0.2, -0.15) is 8.78 Å². The molecular formula is C21H19F2N3O7. The fraction of sp³-hybridized carbons (Fsp3) is 0.286. The lowest BCUT2D eigenvalue weighted by Crippen LogP contribution is -2.34. The summed E-state index contributed by atoms with van der Waals surface area (Å²) in [4.78, 5) is 49.1. The van der Waals surface area contributed by atoms with Crippen LogP contribution in [0.5, 0.6) is 5.75 Å². The highest BCUT2D eigenvalue weighted by Gasteiger charge is 2.24. The number of hydrogen-bond acceptors (Lipinski definition) is 8. The molecule has 1 saturated heterocycles. The fourth-order valence-electron chi connectivity index (χ4n) is 3.27. The van der Waals surface area contributed by atoms with Gasteiger partial charge in [0.25, 0.3) is 17.5 Å². The van der Waals surface area contributed by atoms with Gasteiger partial charge in [-0.3, -0.25) is 25.0 Å². The van der Waals surface area contributed by atoms with E-state index >= 15 is 0 Å². The van der Waals surface area contributed by atoms with Gasteiger partial charge in [0, 0.05) is 30.8 Å². The fourth-order valence-corrected chi connectivity index (χ4v) is 3.27. The number of non-ortho nitro benzene ring substituents is 1. The number of benzene rings is 2. The first-order valence-electron chi connectivity index (χ1n) is 9.84. The largest absolute Gasteiger partial charge is 0.452 e. The van der Waals surface area contributed by atoms with Gasteiger partial charge in [-0.1, -0.05) is 0 Å². The van der Waals surface area contributed by atoms with Crippen LogP contribution in [0, 0.1) is 10.1 Å². The highest BCUT2D eigenvalue weighted by Crippen LogP contribution is 2.29. The molecule has 1 aliphatic rings. The van der Waals surface area contributed by atoms with Crippen molar-refractivity contribution < 1.29 is 37.6 Å². The van der Waals surface area contributed by atoms with Gasteiger partial charge in [-0.15, -0.1) is 0 Å². The quantitative estimate of drug-likeness (QED) is 0.360. The van der Waals surface area contributed by atoms with Gasteiger partial charge in [-0.05, 0) is 43.2 Å². The van der Waals surface area contributed by atoms with Gasteiger partial charge in [0.2, 0.25) is 0 Å². The zero-order valence-corrected chi connectivity index (χ0v) is 17.2. The van der Waals surface area contributed by atoms with E-state index in [0.717, 1.165) is 31.0 Å². The lowest BCUT2D eigenvalue weighted by Gasteiger charge is -2.20. The van der Waals surface area contributed by atoms with Crippen molar-refractivity contribution in [3.63, 3.8) is 0 Å². The number of carbonyl (C=O) groups is 3. The second-order valence-corrected chi connectivity index (χ2v) is 7.01. The van der Waals surface area contributed by atoms with Crippen LogP contribution in [0.3, 0.4) is 0 Å². The van der Waals surface area contributed by atoms with Crippen LogP contribution >= 0.6 is 0 Å². The molecule has 1 heterocycles. The van der Waals surface area contributed by atoms with Crippen LogP contribution in [-0.4, -0.2) is 49.0 Å². The molecule has 33 heavy (non-hydrogen) atoms. The molecule has 0 radical (unpaired) electrons. The lowest BCUT2D eigenvalue weighted by molar-refractivity contribution is -0.384. The minimum absolute atomic E-state index is 0.00806. The molecule has 10 nitrogen and oxygen atoms in total. The van der Waals surface area contributed by atoms with E-state index in [2.05, 4.69) is 4.74 Å². The van der Waals surface area contributed by atoms with E-state index < -0.39 is 35.9 Å². The average Bonchev–Trinajstić information content (AvgIpc) is 3.32. The summed E-state index contributed by atoms with van der Waals surface area (Å²) in [6.07, 6.45) is 1.82. The predicted molar refractivity (Wildman–Crippen MR) is 110 cm³/mol. The number of nitrogens with one attached hydrogen (secondary N) is 1. The van der Waals surface area contributed by atoms with Crippen molar-refractivity contribution in [2.75, 3.05) is 24.6 Å². The Morgan fingerprint density at radius 2 is 1.76 bits per heavy atom. The Morgan fingerprint density at radius 1 is 1.09 bits per heavy atom. The van der Waals surface area contributed by atoms with Crippen molar-refractivity contribution >= 4 is 29.2 Å². The van der Waals surface area contributed by atoms with Crippen LogP contribution in [0.25, 0.3) is 0 Å². The molecule has 1 N–H and O–H groups in total. The van der Waals surface area contributed by atoms with Crippen LogP contribution < -0.4 is 15.0 Å². The number of halogens is 2. The Morgan fingerprint density at radius 3 is 2.36 bits per heavy atom. The SMILES string of the molecule is O=C(COC(=O)c1cc([N+](=O)[O-])ccc1N1CCCC1)NC(=O)c1ccc(OC(F)F)cc1. The maximum absolute atomic E-state index is 12.6. The topological polar surface area (TPSA) is 128 Å². The molecule has 0 atom stereocenters. The van der Waals surface area contributed by atoms with E-state index in [1.165, 1.54) is 24.3 Å². The Labute approximate surface area is 186 Å². The molecule has 0 bridgehead atoms. The molecule has 0 aliphatic carbocycles. The number of amides is 2. The van der Waals surface area contributed by atoms with Crippen molar-refractivity contribution in [2.24, 2.45) is 0 Å². The van der Waals surface area contributed by atoms with E-state index in [0.29, 0.717) is 18.8 Å². The second kappa shape index (κ2) is 10.5. The molecule has 0 saturated carbocycles. The molecular weight excluding hydrogens is 444 g/mol. The molecule has 0 aromatic heterocycles. The van der Waals surface area contributed by atoms with E-state index in [9.17, 15) is 33.3 Å². The van der Waals surface area contributed by atoms with Gasteiger partial charge in [0.05, 0.1) is 16.2 Å². The number of hydrogen-bond donors (Lipinski definition) is 1. The number of esters is 1. The molecule has 12 heteroatoms. The monoisotopic (exact) mass is 463 g/mol. The number of nitro benzene ring substituents is 1. The van der Waals surface area contributed by atoms with Crippen molar-refractivity contribution in [1.82, 2.24) is 5.32 Å². The number of nitrogens with zero attached hydrogens (tertiary/aromatic N) is 2. The summed E-state index contributed by atoms with van der Waals surface area (Å²) in [5, 5.41) is 13.1. The molecule has 0 spiro atoms. The van der Waals surface area contributed by atoms with E-state index in [-0.39, 0.29) is 22.6 Å². The standard InChI is InChI=1S/C21H19F2N3O7/c22-21(23)33-15-6-3-13(4-7-15)19(28)24-18(27)12-32-20(29)16-11-14(26(30)31)5-8-17(16)25-9-1-2-10-25/h3-8,11,21H,1-2,9-10,12H2,(H,24,27,28). The third kappa shape index (κ3) is 6.21. The molecule has 1 fully saturated rings. The van der Waals surface area contributed by atoms with Crippen molar-refractivity contribution in [2.45, 2.75) is 19.5 Å². The number of alkyl halides is 2. The third-order valence-corrected chi connectivity index (χ3v) is 4.79. The van der Waals surface area contributed by atoms with Crippen molar-refractivity contribution in [3.8, 4) is 5.75 Å². The predicted octanol–water partition coefficient (Wildman–Crippen LogP) is 2.91. The minimum atomic E-state index is -3.02. The summed E-state index contributed by atoms with van der Waals surface area (Å²) in [5.74, 6) is -2.88. The number of rotatable bonds is 8. The van der Waals surface area contributed by atoms with E-state index in [1.807, 2.05) is 10.2 Å². The first-order chi connectivity index (χ1) is 15.7. The molecule has 0 unspecified atom stereocenters. The highest BCUT2D eigenvalue weighted by atomic mass is 19.3. The van der Waals surface area contributed by atoms with Gasteiger partial charge >= 0.3 is 12.6 Å². The average molecular weight is 463 g/mol. The summed E-state index contributed by atoms with van der Waals surface area (Å²) < 4.78 is 33.5. The Kier molecular flexibility index (Phi) is 7.49. The number of ether oxygens (including phenoxy) is 2. The van der Waals surface area contributed by atoms with Gasteiger partial charge < -0.3 is 14.4 Å². The maximum atomic E-state index is 12.6. The van der Waals surface area contributed by atoms with Crippen LogP contribution in [0.4, 0.5) is 20.2 Å². The maximum Gasteiger partial charge on any atom is 0.387 e. The van der Waals surface area contributed by atoms with Gasteiger partial charge in [0.1, 0.15) is 5.75 Å². The van der Waals surface area contributed by atoms with Crippen molar-refractivity contribution in [3.05, 3.63) is 63.7 Å². The smallest absolute Gasteiger partial charge is 0.387 e. The zero-order valence-electron chi connectivity index (χ0n) is 17.2. The van der Waals surface area contributed by atoms with Crippen LogP contribution in [0.2, 0.25) is 0 Å². The molecule has 1 aliphatic heterocycles. The summed E-state index contributed by atoms with van der Waals surface area (Å²) in [7, 11) is 0. The molecule has 2 aromatic carbocycles. The van der Waals surface area contributed by atoms with E-state index in [4.69, 9.17) is 4.74 Å². The van der Waals surface area contributed by atoms with Crippen LogP contribution in [0.1, 0.15) is 33.6 Å². The summed E-state index contributed by atoms with van der Waals surface area (Å²) >= 11 is 0. The molecule has 2 amide bonds. The van der Waals surface area contributed by atoms with Gasteiger partial charge in [-0.25, -0.2) is 4.79 Å². The normalized spacial score (nSPS) is 13.0. The van der Waals surface area contributed by atoms with E-state index in [1.54, 1.807) is 0 Å². The Hall–Kier alpha value is -4.09. The number of imide groups is 1. The highest BCUT2D eigenvalue weighted by molar-refractivity contribution is 6.06. The molecule has 2 aromatic rings. The number of nitro groups is 1. The number of carbonyl (C=O) groups excluding carboxylic acids is 3. The Bertz CT molecular complexity index is 1050. The summed E-state index contributed by atoms with van der Waals surface area (Å²) in [6.45, 7) is -2.47. The second-order valence-electron chi connectivity index (χ2n) is 7.01. The third-order valence-electron chi connectivity index (χ3n) is 4.79. The first-order valence-corrected chi connectivity index (χ1v) is 9.84. The van der Waals surface area contributed by atoms with Gasteiger partial charge in [0.15, 0.2) is 6.61 Å². The minimum Gasteiger partial charge on any atom is -0.452 e. The lowest BCUT2D eigenvalue weighted by atomic mass is 10.1. The Balaban J connectivity index is 1.62. The number of anilines is 1. The zero-order chi connectivity index (χ0) is 24.0. The first kappa shape index (κ1) is 23.6. The summed E-state index contributed by atoms with van der Waals surface area (Å²) in [6, 6.07) is 8.46. The molecule has 3 rings (SSSR count). The molecule has 174 valence electrons. The van der Waals surface area contributed by atoms with Crippen LogP contribution in [0.15, 0.2) is 42.5 Å². The van der Waals surface area contributed by atoms with Crippen LogP contribution in [-0.2, 0) is 9.53 Å².